The Labute approximate surface area is 179 Å². The molecule has 0 amide bonds. The molecule has 0 aliphatic carbocycles. The summed E-state index contributed by atoms with van der Waals surface area (Å²) in [5.74, 6) is 0.730. The van der Waals surface area contributed by atoms with Crippen LogP contribution in [0.15, 0.2) is 93.7 Å². The molecule has 0 saturated carbocycles. The van der Waals surface area contributed by atoms with Crippen LogP contribution < -0.4 is 9.74 Å². The van der Waals surface area contributed by atoms with Crippen LogP contribution in [0.5, 0.6) is 5.75 Å². The molecule has 0 aliphatic heterocycles. The molecule has 1 aromatic heterocycles. The Morgan fingerprint density at radius 2 is 1.65 bits per heavy atom. The van der Waals surface area contributed by atoms with E-state index >= 15 is 0 Å². The Hall–Kier alpha value is -3.78. The molecule has 0 bridgehead atoms. The van der Waals surface area contributed by atoms with Gasteiger partial charge < -0.3 is 4.18 Å². The number of aromatic nitrogens is 2. The van der Waals surface area contributed by atoms with Crippen LogP contribution in [0.3, 0.4) is 0 Å². The van der Waals surface area contributed by atoms with Gasteiger partial charge in [0.05, 0.1) is 17.1 Å². The molecule has 0 saturated heterocycles. The first-order chi connectivity index (χ1) is 15.0. The molecule has 0 spiro atoms. The number of hydrogen-bond donors (Lipinski definition) is 0. The zero-order valence-corrected chi connectivity index (χ0v) is 17.5. The Kier molecular flexibility index (Phi) is 5.64. The molecule has 0 radical (unpaired) electrons. The Morgan fingerprint density at radius 1 is 0.968 bits per heavy atom. The standard InChI is InChI=1S/C23H19N3O4S/c1-2-22-25-21-11-7-6-10-20(21)23(27)26(22)24-16-17-12-14-18(15-13-17)30-31(28,29)19-8-4-3-5-9-19/h3-16H,2H2,1H3. The van der Waals surface area contributed by atoms with E-state index in [1.165, 1.54) is 35.2 Å². The van der Waals surface area contributed by atoms with Crippen molar-refractivity contribution >= 4 is 27.2 Å². The highest BCUT2D eigenvalue weighted by molar-refractivity contribution is 7.87. The van der Waals surface area contributed by atoms with Crippen molar-refractivity contribution in [2.45, 2.75) is 18.2 Å². The molecule has 0 atom stereocenters. The maximum Gasteiger partial charge on any atom is 0.339 e. The van der Waals surface area contributed by atoms with Crippen LogP contribution in [-0.2, 0) is 16.5 Å². The van der Waals surface area contributed by atoms with Gasteiger partial charge in [0.25, 0.3) is 5.56 Å². The van der Waals surface area contributed by atoms with E-state index < -0.39 is 10.1 Å². The second kappa shape index (κ2) is 8.53. The van der Waals surface area contributed by atoms with Crippen molar-refractivity contribution in [3.05, 3.63) is 101 Å². The number of benzene rings is 3. The van der Waals surface area contributed by atoms with E-state index in [1.807, 2.05) is 13.0 Å². The number of nitrogens with zero attached hydrogens (tertiary/aromatic N) is 3. The fraction of sp³-hybridized carbons (Fsp3) is 0.0870. The number of fused-ring (bicyclic) bond motifs is 1. The van der Waals surface area contributed by atoms with Crippen molar-refractivity contribution in [3.8, 4) is 5.75 Å². The van der Waals surface area contributed by atoms with E-state index in [2.05, 4.69) is 10.1 Å². The predicted molar refractivity (Wildman–Crippen MR) is 119 cm³/mol. The van der Waals surface area contributed by atoms with Crippen molar-refractivity contribution in [2.75, 3.05) is 0 Å². The van der Waals surface area contributed by atoms with Gasteiger partial charge in [-0.05, 0) is 54.1 Å². The van der Waals surface area contributed by atoms with Gasteiger partial charge in [-0.1, -0.05) is 37.3 Å². The van der Waals surface area contributed by atoms with Crippen LogP contribution in [0.2, 0.25) is 0 Å². The highest BCUT2D eigenvalue weighted by Gasteiger charge is 2.15. The maximum absolute atomic E-state index is 12.8. The summed E-state index contributed by atoms with van der Waals surface area (Å²) in [4.78, 5) is 17.4. The van der Waals surface area contributed by atoms with Crippen LogP contribution in [-0.4, -0.2) is 24.3 Å². The largest absolute Gasteiger partial charge is 0.379 e. The second-order valence-corrected chi connectivity index (χ2v) is 8.23. The van der Waals surface area contributed by atoms with Crippen LogP contribution in [0.25, 0.3) is 10.9 Å². The topological polar surface area (TPSA) is 90.6 Å². The molecule has 4 rings (SSSR count). The van der Waals surface area contributed by atoms with Crippen LogP contribution >= 0.6 is 0 Å². The lowest BCUT2D eigenvalue weighted by molar-refractivity contribution is 0.486. The van der Waals surface area contributed by atoms with Crippen molar-refractivity contribution in [2.24, 2.45) is 5.10 Å². The summed E-state index contributed by atoms with van der Waals surface area (Å²) in [6.45, 7) is 1.90. The maximum atomic E-state index is 12.8. The molecule has 8 heteroatoms. The zero-order chi connectivity index (χ0) is 21.8. The van der Waals surface area contributed by atoms with E-state index in [0.717, 1.165) is 0 Å². The highest BCUT2D eigenvalue weighted by Crippen LogP contribution is 2.18. The minimum atomic E-state index is -3.90. The van der Waals surface area contributed by atoms with Gasteiger partial charge in [0.15, 0.2) is 0 Å². The fourth-order valence-electron chi connectivity index (χ4n) is 3.01. The van der Waals surface area contributed by atoms with Crippen LogP contribution in [0.1, 0.15) is 18.3 Å². The van der Waals surface area contributed by atoms with E-state index in [9.17, 15) is 13.2 Å². The van der Waals surface area contributed by atoms with E-state index in [0.29, 0.717) is 28.7 Å². The third-order valence-corrected chi connectivity index (χ3v) is 5.84. The molecule has 4 aromatic rings. The minimum absolute atomic E-state index is 0.0795. The van der Waals surface area contributed by atoms with Gasteiger partial charge in [-0.25, -0.2) is 4.98 Å². The molecule has 156 valence electrons. The Morgan fingerprint density at radius 3 is 2.35 bits per heavy atom. The van der Waals surface area contributed by atoms with Crippen molar-refractivity contribution in [1.82, 2.24) is 9.66 Å². The van der Waals surface area contributed by atoms with Gasteiger partial charge in [0.1, 0.15) is 16.5 Å². The summed E-state index contributed by atoms with van der Waals surface area (Å²) in [6.07, 6.45) is 2.06. The normalized spacial score (nSPS) is 11.8. The van der Waals surface area contributed by atoms with Crippen LogP contribution in [0, 0.1) is 0 Å². The summed E-state index contributed by atoms with van der Waals surface area (Å²) in [5.41, 5.74) is 1.07. The smallest absolute Gasteiger partial charge is 0.339 e. The SMILES string of the molecule is CCc1nc2ccccc2c(=O)n1N=Cc1ccc(OS(=O)(=O)c2ccccc2)cc1. The van der Waals surface area contributed by atoms with Gasteiger partial charge in [0, 0.05) is 6.42 Å². The summed E-state index contributed by atoms with van der Waals surface area (Å²) in [5, 5.41) is 4.80. The minimum Gasteiger partial charge on any atom is -0.379 e. The third-order valence-electron chi connectivity index (χ3n) is 4.58. The lowest BCUT2D eigenvalue weighted by atomic mass is 10.2. The van der Waals surface area contributed by atoms with Crippen molar-refractivity contribution in [3.63, 3.8) is 0 Å². The molecule has 31 heavy (non-hydrogen) atoms. The van der Waals surface area contributed by atoms with Gasteiger partial charge in [-0.2, -0.15) is 18.2 Å². The van der Waals surface area contributed by atoms with Gasteiger partial charge in [-0.3, -0.25) is 4.79 Å². The first-order valence-electron chi connectivity index (χ1n) is 9.62. The molecule has 0 N–H and O–H groups in total. The molecular formula is C23H19N3O4S. The number of rotatable bonds is 6. The number of para-hydroxylation sites is 1. The first kappa shape index (κ1) is 20.5. The van der Waals surface area contributed by atoms with E-state index in [-0.39, 0.29) is 16.2 Å². The molecule has 7 nitrogen and oxygen atoms in total. The Balaban J connectivity index is 1.59. The summed E-state index contributed by atoms with van der Waals surface area (Å²) < 4.78 is 31.1. The Bertz CT molecular complexity index is 1410. The average Bonchev–Trinajstić information content (AvgIpc) is 2.79. The molecule has 0 fully saturated rings. The van der Waals surface area contributed by atoms with Gasteiger partial charge in [0.2, 0.25) is 0 Å². The molecule has 3 aromatic carbocycles. The van der Waals surface area contributed by atoms with Gasteiger partial charge >= 0.3 is 10.1 Å². The van der Waals surface area contributed by atoms with E-state index in [1.54, 1.807) is 48.5 Å². The van der Waals surface area contributed by atoms with Gasteiger partial charge in [-0.15, -0.1) is 0 Å². The fourth-order valence-corrected chi connectivity index (χ4v) is 3.96. The summed E-state index contributed by atoms with van der Waals surface area (Å²) >= 11 is 0. The second-order valence-electron chi connectivity index (χ2n) is 6.68. The lowest BCUT2D eigenvalue weighted by Gasteiger charge is -2.08. The molecule has 0 unspecified atom stereocenters. The number of aryl methyl sites for hydroxylation is 1. The molecule has 1 heterocycles. The third kappa shape index (κ3) is 4.39. The van der Waals surface area contributed by atoms with Crippen molar-refractivity contribution < 1.29 is 12.6 Å². The van der Waals surface area contributed by atoms with E-state index in [4.69, 9.17) is 4.18 Å². The monoisotopic (exact) mass is 433 g/mol. The highest BCUT2D eigenvalue weighted by atomic mass is 32.2. The molecular weight excluding hydrogens is 414 g/mol. The van der Waals surface area contributed by atoms with Crippen molar-refractivity contribution in [1.29, 1.82) is 0 Å². The first-order valence-corrected chi connectivity index (χ1v) is 11.0. The average molecular weight is 433 g/mol. The number of hydrogen-bond acceptors (Lipinski definition) is 6. The summed E-state index contributed by atoms with van der Waals surface area (Å²) in [7, 11) is -3.90. The zero-order valence-electron chi connectivity index (χ0n) is 16.7. The predicted octanol–water partition coefficient (Wildman–Crippen LogP) is 3.61. The summed E-state index contributed by atoms with van der Waals surface area (Å²) in [6, 6.07) is 21.4. The quantitative estimate of drug-likeness (QED) is 0.342. The lowest BCUT2D eigenvalue weighted by Crippen LogP contribution is -2.22. The molecule has 0 aliphatic rings. The van der Waals surface area contributed by atoms with Crippen LogP contribution in [0.4, 0.5) is 0 Å².